The average molecular weight is 427 g/mol. The van der Waals surface area contributed by atoms with Crippen LogP contribution in [0, 0.1) is 17.4 Å². The van der Waals surface area contributed by atoms with Gasteiger partial charge in [-0.3, -0.25) is 0 Å². The zero-order valence-electron chi connectivity index (χ0n) is 12.8. The fourth-order valence-corrected chi connectivity index (χ4v) is 2.76. The van der Waals surface area contributed by atoms with Crippen LogP contribution in [0.3, 0.4) is 0 Å². The van der Waals surface area contributed by atoms with Crippen molar-refractivity contribution in [1.82, 2.24) is 5.32 Å². The van der Waals surface area contributed by atoms with Crippen LogP contribution in [0.4, 0.5) is 0 Å². The van der Waals surface area contributed by atoms with E-state index in [0.29, 0.717) is 11.8 Å². The Hall–Kier alpha value is -1.34. The van der Waals surface area contributed by atoms with Gasteiger partial charge >= 0.3 is 0 Å². The second-order valence-electron chi connectivity index (χ2n) is 4.91. The zero-order valence-corrected chi connectivity index (χ0v) is 15.7. The Morgan fingerprint density at radius 3 is 2.64 bits per heavy atom. The molecular weight excluding hydrogens is 409 g/mol. The predicted molar refractivity (Wildman–Crippen MR) is 102 cm³/mol. The monoisotopic (exact) mass is 427 g/mol. The minimum absolute atomic E-state index is 0.342. The summed E-state index contributed by atoms with van der Waals surface area (Å²) >= 11 is 7.35. The number of rotatable bonds is 4. The first-order valence-corrected chi connectivity index (χ1v) is 8.37. The van der Waals surface area contributed by atoms with E-state index in [-0.39, 0.29) is 0 Å². The van der Waals surface area contributed by atoms with Crippen molar-refractivity contribution in [1.29, 1.82) is 0 Å². The Kier molecular flexibility index (Phi) is 6.02. The summed E-state index contributed by atoms with van der Waals surface area (Å²) in [5.74, 6) is 1.60. The van der Waals surface area contributed by atoms with Crippen molar-refractivity contribution >= 4 is 40.0 Å². The molecule has 0 saturated heterocycles. The van der Waals surface area contributed by atoms with Crippen molar-refractivity contribution < 1.29 is 9.47 Å². The molecule has 0 aliphatic carbocycles. The van der Waals surface area contributed by atoms with Crippen molar-refractivity contribution in [3.05, 3.63) is 56.7 Å². The summed E-state index contributed by atoms with van der Waals surface area (Å²) in [6, 6.07) is 12.0. The molecule has 0 aromatic heterocycles. The first-order valence-electron chi connectivity index (χ1n) is 6.88. The highest BCUT2D eigenvalue weighted by Gasteiger charge is 2.11. The molecule has 3 nitrogen and oxygen atoms in total. The highest BCUT2D eigenvalue weighted by Crippen LogP contribution is 2.27. The lowest BCUT2D eigenvalue weighted by Gasteiger charge is -2.15. The van der Waals surface area contributed by atoms with Crippen LogP contribution in [0.2, 0.25) is 0 Å². The SMILES string of the molecule is CNC(=S)Oc1cccc(I)c1COc1ccc(C)cc1C. The third-order valence-corrected chi connectivity index (χ3v) is 4.48. The summed E-state index contributed by atoms with van der Waals surface area (Å²) in [5, 5.41) is 3.16. The van der Waals surface area contributed by atoms with Gasteiger partial charge in [0.1, 0.15) is 18.1 Å². The Balaban J connectivity index is 2.19. The molecular formula is C17H18INO2S. The molecule has 0 radical (unpaired) electrons. The fraction of sp³-hybridized carbons (Fsp3) is 0.235. The van der Waals surface area contributed by atoms with Gasteiger partial charge in [0.05, 0.1) is 0 Å². The van der Waals surface area contributed by atoms with Gasteiger partial charge in [-0.25, -0.2) is 0 Å². The van der Waals surface area contributed by atoms with E-state index in [1.807, 2.05) is 37.3 Å². The van der Waals surface area contributed by atoms with E-state index in [0.717, 1.165) is 26.2 Å². The number of thiocarbonyl (C=S) groups is 1. The number of nitrogens with one attached hydrogen (secondary N) is 1. The van der Waals surface area contributed by atoms with Crippen molar-refractivity contribution in [2.75, 3.05) is 7.05 Å². The molecule has 2 aromatic rings. The molecule has 0 saturated carbocycles. The predicted octanol–water partition coefficient (Wildman–Crippen LogP) is 4.37. The highest BCUT2D eigenvalue weighted by molar-refractivity contribution is 14.1. The lowest BCUT2D eigenvalue weighted by atomic mass is 10.1. The summed E-state index contributed by atoms with van der Waals surface area (Å²) < 4.78 is 12.7. The maximum Gasteiger partial charge on any atom is 0.261 e. The molecule has 2 aromatic carbocycles. The Bertz CT molecular complexity index is 688. The molecule has 0 unspecified atom stereocenters. The normalized spacial score (nSPS) is 10.2. The van der Waals surface area contributed by atoms with Crippen molar-refractivity contribution in [3.63, 3.8) is 0 Å². The van der Waals surface area contributed by atoms with Gasteiger partial charge in [-0.15, -0.1) is 0 Å². The van der Waals surface area contributed by atoms with Crippen LogP contribution >= 0.6 is 34.8 Å². The van der Waals surface area contributed by atoms with Gasteiger partial charge in [0.25, 0.3) is 5.17 Å². The molecule has 0 spiro atoms. The summed E-state index contributed by atoms with van der Waals surface area (Å²) in [4.78, 5) is 0. The summed E-state index contributed by atoms with van der Waals surface area (Å²) in [5.41, 5.74) is 3.34. The molecule has 0 aliphatic heterocycles. The molecule has 1 N–H and O–H groups in total. The minimum atomic E-state index is 0.342. The van der Waals surface area contributed by atoms with E-state index in [4.69, 9.17) is 21.7 Å². The lowest BCUT2D eigenvalue weighted by Crippen LogP contribution is -2.22. The van der Waals surface area contributed by atoms with Gasteiger partial charge < -0.3 is 14.8 Å². The maximum absolute atomic E-state index is 5.97. The Morgan fingerprint density at radius 1 is 1.18 bits per heavy atom. The topological polar surface area (TPSA) is 30.5 Å². The molecule has 22 heavy (non-hydrogen) atoms. The number of hydrogen-bond acceptors (Lipinski definition) is 3. The van der Waals surface area contributed by atoms with Gasteiger partial charge in [0.15, 0.2) is 0 Å². The van der Waals surface area contributed by atoms with Crippen LogP contribution in [-0.4, -0.2) is 12.2 Å². The van der Waals surface area contributed by atoms with E-state index in [1.165, 1.54) is 5.56 Å². The first-order chi connectivity index (χ1) is 10.5. The maximum atomic E-state index is 5.97. The zero-order chi connectivity index (χ0) is 16.1. The highest BCUT2D eigenvalue weighted by atomic mass is 127. The molecule has 116 valence electrons. The van der Waals surface area contributed by atoms with Crippen LogP contribution < -0.4 is 14.8 Å². The van der Waals surface area contributed by atoms with E-state index < -0.39 is 0 Å². The summed E-state index contributed by atoms with van der Waals surface area (Å²) in [6.45, 7) is 4.55. The smallest absolute Gasteiger partial charge is 0.261 e. The molecule has 5 heteroatoms. The lowest BCUT2D eigenvalue weighted by molar-refractivity contribution is 0.299. The van der Waals surface area contributed by atoms with Gasteiger partial charge in [0, 0.05) is 16.2 Å². The van der Waals surface area contributed by atoms with E-state index >= 15 is 0 Å². The second kappa shape index (κ2) is 7.78. The molecule has 0 heterocycles. The number of hydrogen-bond donors (Lipinski definition) is 1. The first kappa shape index (κ1) is 17.0. The third kappa shape index (κ3) is 4.33. The second-order valence-corrected chi connectivity index (χ2v) is 6.45. The van der Waals surface area contributed by atoms with E-state index in [1.54, 1.807) is 7.05 Å². The fourth-order valence-electron chi connectivity index (χ4n) is 2.04. The molecule has 0 atom stereocenters. The minimum Gasteiger partial charge on any atom is -0.488 e. The quantitative estimate of drug-likeness (QED) is 0.580. The molecule has 0 fully saturated rings. The van der Waals surface area contributed by atoms with Gasteiger partial charge in [0.2, 0.25) is 0 Å². The molecule has 0 aliphatic rings. The van der Waals surface area contributed by atoms with Crippen LogP contribution in [-0.2, 0) is 6.61 Å². The molecule has 0 bridgehead atoms. The summed E-state index contributed by atoms with van der Waals surface area (Å²) in [6.07, 6.45) is 0. The van der Waals surface area contributed by atoms with Crippen molar-refractivity contribution in [2.24, 2.45) is 0 Å². The Labute approximate surface area is 150 Å². The standard InChI is InChI=1S/C17H18INO2S/c1-11-7-8-15(12(2)9-11)20-10-13-14(18)5-4-6-16(13)21-17(22)19-3/h4-9H,10H2,1-3H3,(H,19,22). The van der Waals surface area contributed by atoms with Crippen LogP contribution in [0.1, 0.15) is 16.7 Å². The van der Waals surface area contributed by atoms with Crippen molar-refractivity contribution in [3.8, 4) is 11.5 Å². The molecule has 2 rings (SSSR count). The van der Waals surface area contributed by atoms with Gasteiger partial charge in [-0.1, -0.05) is 23.8 Å². The number of ether oxygens (including phenoxy) is 2. The van der Waals surface area contributed by atoms with Crippen LogP contribution in [0.25, 0.3) is 0 Å². The molecule has 0 amide bonds. The van der Waals surface area contributed by atoms with Crippen LogP contribution in [0.15, 0.2) is 36.4 Å². The van der Waals surface area contributed by atoms with Crippen molar-refractivity contribution in [2.45, 2.75) is 20.5 Å². The van der Waals surface area contributed by atoms with Gasteiger partial charge in [-0.2, -0.15) is 0 Å². The summed E-state index contributed by atoms with van der Waals surface area (Å²) in [7, 11) is 1.74. The van der Waals surface area contributed by atoms with E-state index in [2.05, 4.69) is 40.9 Å². The Morgan fingerprint density at radius 2 is 1.95 bits per heavy atom. The average Bonchev–Trinajstić information content (AvgIpc) is 2.48. The third-order valence-electron chi connectivity index (χ3n) is 3.19. The number of halogens is 1. The van der Waals surface area contributed by atoms with Crippen LogP contribution in [0.5, 0.6) is 11.5 Å². The van der Waals surface area contributed by atoms with Gasteiger partial charge in [-0.05, 0) is 72.4 Å². The largest absolute Gasteiger partial charge is 0.488 e. The number of aryl methyl sites for hydroxylation is 2. The van der Waals surface area contributed by atoms with E-state index in [9.17, 15) is 0 Å². The number of benzene rings is 2.